The number of azide groups is 1. The number of nitro groups is 1. The highest BCUT2D eigenvalue weighted by Gasteiger charge is 2.29. The van der Waals surface area contributed by atoms with Crippen LogP contribution in [0.15, 0.2) is 29.4 Å². The summed E-state index contributed by atoms with van der Waals surface area (Å²) in [5.74, 6) is -1.45. The third-order valence-corrected chi connectivity index (χ3v) is 3.35. The van der Waals surface area contributed by atoms with Gasteiger partial charge in [-0.3, -0.25) is 19.7 Å². The average Bonchev–Trinajstić information content (AvgIpc) is 2.56. The molecular weight excluding hydrogens is 377 g/mol. The number of halogens is 2. The summed E-state index contributed by atoms with van der Waals surface area (Å²) in [6.07, 6.45) is -1.07. The largest absolute Gasteiger partial charge is 0.455 e. The van der Waals surface area contributed by atoms with Crippen molar-refractivity contribution in [3.8, 4) is 0 Å². The van der Waals surface area contributed by atoms with Crippen molar-refractivity contribution in [1.29, 1.82) is 0 Å². The Bertz CT molecular complexity index is 691. The fourth-order valence-electron chi connectivity index (χ4n) is 1.93. The highest BCUT2D eigenvalue weighted by atomic mass is 35.5. The Kier molecular flexibility index (Phi) is 7.93. The van der Waals surface area contributed by atoms with Gasteiger partial charge in [0, 0.05) is 24.0 Å². The first kappa shape index (κ1) is 20.5. The highest BCUT2D eigenvalue weighted by molar-refractivity contribution is 6.53. The third-order valence-electron chi connectivity index (χ3n) is 2.96. The van der Waals surface area contributed by atoms with Crippen molar-refractivity contribution in [2.24, 2.45) is 5.11 Å². The number of nitrogens with one attached hydrogen (secondary N) is 1. The predicted molar refractivity (Wildman–Crippen MR) is 89.0 cm³/mol. The van der Waals surface area contributed by atoms with Gasteiger partial charge in [-0.05, 0) is 23.2 Å². The number of hydrogen-bond acceptors (Lipinski definition) is 6. The Morgan fingerprint density at radius 3 is 2.44 bits per heavy atom. The molecule has 0 spiro atoms. The van der Waals surface area contributed by atoms with Gasteiger partial charge in [0.2, 0.25) is 0 Å². The molecule has 0 unspecified atom stereocenters. The van der Waals surface area contributed by atoms with Gasteiger partial charge in [0.15, 0.2) is 4.84 Å². The number of amides is 1. The van der Waals surface area contributed by atoms with E-state index in [1.807, 2.05) is 0 Å². The van der Waals surface area contributed by atoms with Crippen LogP contribution in [0.4, 0.5) is 5.69 Å². The van der Waals surface area contributed by atoms with E-state index in [0.29, 0.717) is 5.56 Å². The number of ether oxygens (including phenoxy) is 1. The van der Waals surface area contributed by atoms with Crippen molar-refractivity contribution in [3.63, 3.8) is 0 Å². The first-order valence-corrected chi connectivity index (χ1v) is 7.64. The molecule has 1 N–H and O–H groups in total. The van der Waals surface area contributed by atoms with Gasteiger partial charge in [0.05, 0.1) is 17.5 Å². The molecule has 0 aliphatic rings. The topological polar surface area (TPSA) is 147 Å². The van der Waals surface area contributed by atoms with E-state index >= 15 is 0 Å². The van der Waals surface area contributed by atoms with Gasteiger partial charge < -0.3 is 10.1 Å². The molecule has 0 saturated heterocycles. The second-order valence-corrected chi connectivity index (χ2v) is 5.80. The second-order valence-electron chi connectivity index (χ2n) is 4.71. The molecule has 0 radical (unpaired) electrons. The summed E-state index contributed by atoms with van der Waals surface area (Å²) in [6.45, 7) is 0.883. The lowest BCUT2D eigenvalue weighted by Crippen LogP contribution is -2.44. The number of benzene rings is 1. The monoisotopic (exact) mass is 389 g/mol. The molecule has 2 atom stereocenters. The summed E-state index contributed by atoms with van der Waals surface area (Å²) in [4.78, 5) is 34.5. The average molecular weight is 390 g/mol. The van der Waals surface area contributed by atoms with Crippen LogP contribution >= 0.6 is 23.2 Å². The van der Waals surface area contributed by atoms with E-state index in [1.165, 1.54) is 24.3 Å². The number of hydrogen-bond donors (Lipinski definition) is 1. The lowest BCUT2D eigenvalue weighted by atomic mass is 10.0. The van der Waals surface area contributed by atoms with E-state index in [-0.39, 0.29) is 12.2 Å². The summed E-state index contributed by atoms with van der Waals surface area (Å²) in [7, 11) is 0. The van der Waals surface area contributed by atoms with Crippen LogP contribution in [0.25, 0.3) is 10.4 Å². The van der Waals surface area contributed by atoms with E-state index in [0.717, 1.165) is 6.92 Å². The first-order chi connectivity index (χ1) is 11.8. The highest BCUT2D eigenvalue weighted by Crippen LogP contribution is 2.25. The molecule has 0 saturated carbocycles. The normalized spacial score (nSPS) is 12.6. The third kappa shape index (κ3) is 6.46. The van der Waals surface area contributed by atoms with Gasteiger partial charge >= 0.3 is 5.97 Å². The van der Waals surface area contributed by atoms with Crippen molar-refractivity contribution < 1.29 is 19.2 Å². The van der Waals surface area contributed by atoms with Crippen molar-refractivity contribution in [3.05, 3.63) is 50.4 Å². The molecule has 0 heterocycles. The minimum absolute atomic E-state index is 0.164. The van der Waals surface area contributed by atoms with E-state index in [1.54, 1.807) is 0 Å². The lowest BCUT2D eigenvalue weighted by molar-refractivity contribution is -0.384. The predicted octanol–water partition coefficient (Wildman–Crippen LogP) is 2.80. The molecule has 134 valence electrons. The SMILES string of the molecule is CC(=O)O[C@H](c1ccc([N+](=O)[O-])cc1)[C@@H](CN=[N+]=[N-])NC(=O)C(Cl)Cl. The fraction of sp³-hybridized carbons (Fsp3) is 0.385. The van der Waals surface area contributed by atoms with Crippen LogP contribution in [0.5, 0.6) is 0 Å². The summed E-state index contributed by atoms with van der Waals surface area (Å²) in [5.41, 5.74) is 8.68. The van der Waals surface area contributed by atoms with Crippen LogP contribution in [-0.4, -0.2) is 34.2 Å². The number of esters is 1. The van der Waals surface area contributed by atoms with Crippen molar-refractivity contribution in [2.75, 3.05) is 6.54 Å². The molecule has 1 amide bonds. The quantitative estimate of drug-likeness (QED) is 0.138. The Labute approximate surface area is 151 Å². The standard InChI is InChI=1S/C13H13Cl2N5O5/c1-7(21)25-11(8-2-4-9(5-3-8)20(23)24)10(6-17-19-16)18-13(22)12(14)15/h2-5,10-12H,6H2,1H3,(H,18,22)/t10-,11-/m1/s1. The Morgan fingerprint density at radius 1 is 1.40 bits per heavy atom. The number of alkyl halides is 2. The van der Waals surface area contributed by atoms with Crippen LogP contribution in [0, 0.1) is 10.1 Å². The molecule has 1 rings (SSSR count). The fourth-order valence-corrected chi connectivity index (χ4v) is 2.06. The van der Waals surface area contributed by atoms with Gasteiger partial charge in [0.1, 0.15) is 6.10 Å². The maximum atomic E-state index is 11.7. The number of carbonyl (C=O) groups is 2. The molecule has 12 heteroatoms. The zero-order valence-electron chi connectivity index (χ0n) is 12.8. The van der Waals surface area contributed by atoms with Gasteiger partial charge in [0.25, 0.3) is 11.6 Å². The van der Waals surface area contributed by atoms with E-state index in [4.69, 9.17) is 33.5 Å². The van der Waals surface area contributed by atoms with Crippen molar-refractivity contribution >= 4 is 40.8 Å². The molecule has 25 heavy (non-hydrogen) atoms. The maximum absolute atomic E-state index is 11.7. The molecule has 0 aromatic heterocycles. The van der Waals surface area contributed by atoms with E-state index in [2.05, 4.69) is 15.3 Å². The minimum Gasteiger partial charge on any atom is -0.455 e. The van der Waals surface area contributed by atoms with Crippen LogP contribution < -0.4 is 5.32 Å². The number of rotatable bonds is 8. The molecule has 1 aromatic rings. The van der Waals surface area contributed by atoms with Crippen molar-refractivity contribution in [2.45, 2.75) is 23.9 Å². The second kappa shape index (κ2) is 9.67. The molecule has 0 fully saturated rings. The molecule has 10 nitrogen and oxygen atoms in total. The Morgan fingerprint density at radius 2 is 2.00 bits per heavy atom. The van der Waals surface area contributed by atoms with Crippen LogP contribution in [-0.2, 0) is 14.3 Å². The van der Waals surface area contributed by atoms with E-state index in [9.17, 15) is 19.7 Å². The number of non-ortho nitro benzene ring substituents is 1. The molecule has 0 bridgehead atoms. The maximum Gasteiger partial charge on any atom is 0.303 e. The number of carbonyl (C=O) groups excluding carboxylic acids is 2. The summed E-state index contributed by atoms with van der Waals surface area (Å²) >= 11 is 11.0. The van der Waals surface area contributed by atoms with Gasteiger partial charge in [-0.2, -0.15) is 0 Å². The Balaban J connectivity index is 3.20. The summed E-state index contributed by atoms with van der Waals surface area (Å²) in [5, 5.41) is 16.5. The Hall–Kier alpha value is -2.55. The summed E-state index contributed by atoms with van der Waals surface area (Å²) in [6, 6.07) is 4.17. The van der Waals surface area contributed by atoms with Crippen LogP contribution in [0.3, 0.4) is 0 Å². The zero-order chi connectivity index (χ0) is 19.0. The van der Waals surface area contributed by atoms with Crippen LogP contribution in [0.2, 0.25) is 0 Å². The molecule has 1 aromatic carbocycles. The molecular formula is C13H13Cl2N5O5. The number of nitrogens with zero attached hydrogens (tertiary/aromatic N) is 4. The number of nitro benzene ring substituents is 1. The lowest BCUT2D eigenvalue weighted by Gasteiger charge is -2.27. The zero-order valence-corrected chi connectivity index (χ0v) is 14.3. The smallest absolute Gasteiger partial charge is 0.303 e. The van der Waals surface area contributed by atoms with Crippen molar-refractivity contribution in [1.82, 2.24) is 5.32 Å². The van der Waals surface area contributed by atoms with Crippen LogP contribution in [0.1, 0.15) is 18.6 Å². The van der Waals surface area contributed by atoms with Gasteiger partial charge in [-0.25, -0.2) is 0 Å². The van der Waals surface area contributed by atoms with E-state index < -0.39 is 33.8 Å². The molecule has 0 aliphatic carbocycles. The van der Waals surface area contributed by atoms with Gasteiger partial charge in [-0.1, -0.05) is 28.3 Å². The summed E-state index contributed by atoms with van der Waals surface area (Å²) < 4.78 is 5.18. The minimum atomic E-state index is -1.39. The molecule has 0 aliphatic heterocycles. The van der Waals surface area contributed by atoms with Gasteiger partial charge in [-0.15, -0.1) is 0 Å². The first-order valence-electron chi connectivity index (χ1n) is 6.77.